The van der Waals surface area contributed by atoms with Crippen LogP contribution in [-0.4, -0.2) is 18.2 Å². The van der Waals surface area contributed by atoms with Gasteiger partial charge in [0.25, 0.3) is 0 Å². The predicted molar refractivity (Wildman–Crippen MR) is 151 cm³/mol. The molecule has 0 radical (unpaired) electrons. The second-order valence-electron chi connectivity index (χ2n) is 9.21. The van der Waals surface area contributed by atoms with E-state index < -0.39 is 0 Å². The predicted octanol–water partition coefficient (Wildman–Crippen LogP) is 8.96. The summed E-state index contributed by atoms with van der Waals surface area (Å²) in [6.07, 6.45) is 0. The topological polar surface area (TPSA) is 61.6 Å². The lowest BCUT2D eigenvalue weighted by molar-refractivity contribution is 0.0601. The molecular weight excluding hydrogens is 521 g/mol. The summed E-state index contributed by atoms with van der Waals surface area (Å²) in [5.74, 6) is 1.15. The highest BCUT2D eigenvalue weighted by molar-refractivity contribution is 6.39. The Balaban J connectivity index is 1.46. The molecule has 1 aromatic heterocycles. The smallest absolute Gasteiger partial charge is 0.337 e. The van der Waals surface area contributed by atoms with Crippen LogP contribution in [0.1, 0.15) is 41.4 Å². The van der Waals surface area contributed by atoms with Crippen LogP contribution in [0.5, 0.6) is 5.75 Å². The maximum absolute atomic E-state index is 12.0. The zero-order chi connectivity index (χ0) is 26.8. The Morgan fingerprint density at radius 2 is 1.61 bits per heavy atom. The number of fused-ring (bicyclic) bond motifs is 1. The van der Waals surface area contributed by atoms with Gasteiger partial charge in [-0.1, -0.05) is 78.6 Å². The first-order valence-electron chi connectivity index (χ1n) is 12.1. The molecule has 192 valence electrons. The minimum Gasteiger partial charge on any atom is -0.489 e. The molecule has 5 nitrogen and oxygen atoms in total. The lowest BCUT2D eigenvalue weighted by Gasteiger charge is -2.12. The molecule has 0 spiro atoms. The number of methoxy groups -OCH3 is 1. The molecule has 5 aromatic rings. The molecule has 0 bridgehead atoms. The van der Waals surface area contributed by atoms with E-state index in [1.807, 2.05) is 62.4 Å². The summed E-state index contributed by atoms with van der Waals surface area (Å²) < 4.78 is 16.8. The number of nitrogens with zero attached hydrogens (tertiary/aromatic N) is 1. The van der Waals surface area contributed by atoms with E-state index in [1.54, 1.807) is 24.3 Å². The summed E-state index contributed by atoms with van der Waals surface area (Å²) in [5.41, 5.74) is 4.43. The first-order chi connectivity index (χ1) is 18.4. The van der Waals surface area contributed by atoms with Crippen molar-refractivity contribution < 1.29 is 18.8 Å². The molecule has 0 unspecified atom stereocenters. The van der Waals surface area contributed by atoms with Gasteiger partial charge in [0, 0.05) is 11.5 Å². The van der Waals surface area contributed by atoms with Crippen LogP contribution in [0.4, 0.5) is 0 Å². The van der Waals surface area contributed by atoms with Gasteiger partial charge in [0.05, 0.1) is 28.3 Å². The van der Waals surface area contributed by atoms with E-state index in [0.717, 1.165) is 33.2 Å². The number of ether oxygens (including phenoxy) is 2. The lowest BCUT2D eigenvalue weighted by Crippen LogP contribution is -2.01. The van der Waals surface area contributed by atoms with Crippen LogP contribution in [0.15, 0.2) is 83.4 Å². The van der Waals surface area contributed by atoms with Crippen molar-refractivity contribution in [1.82, 2.24) is 5.16 Å². The molecule has 0 fully saturated rings. The van der Waals surface area contributed by atoms with Gasteiger partial charge in [-0.2, -0.15) is 0 Å². The van der Waals surface area contributed by atoms with E-state index in [0.29, 0.717) is 32.6 Å². The average Bonchev–Trinajstić information content (AvgIpc) is 3.34. The van der Waals surface area contributed by atoms with Crippen LogP contribution < -0.4 is 4.74 Å². The SMILES string of the molecule is COC(=O)c1cccc(-c2ccc3ccc(OCc4c(-c5c(Cl)cccc5Cl)noc4C(C)C)cc3c2)c1. The first kappa shape index (κ1) is 25.8. The molecule has 7 heteroatoms. The number of hydrogen-bond acceptors (Lipinski definition) is 5. The molecule has 0 saturated carbocycles. The summed E-state index contributed by atoms with van der Waals surface area (Å²) in [5, 5.41) is 7.38. The largest absolute Gasteiger partial charge is 0.489 e. The van der Waals surface area contributed by atoms with Gasteiger partial charge in [0.2, 0.25) is 0 Å². The van der Waals surface area contributed by atoms with Crippen LogP contribution in [0.3, 0.4) is 0 Å². The molecule has 0 amide bonds. The van der Waals surface area contributed by atoms with E-state index >= 15 is 0 Å². The van der Waals surface area contributed by atoms with Crippen LogP contribution in [0, 0.1) is 0 Å². The molecule has 0 aliphatic carbocycles. The van der Waals surface area contributed by atoms with E-state index in [1.165, 1.54) is 7.11 Å². The number of carbonyl (C=O) groups is 1. The van der Waals surface area contributed by atoms with Gasteiger partial charge < -0.3 is 14.0 Å². The van der Waals surface area contributed by atoms with Gasteiger partial charge in [0.15, 0.2) is 0 Å². The van der Waals surface area contributed by atoms with Crippen LogP contribution >= 0.6 is 23.2 Å². The highest BCUT2D eigenvalue weighted by Gasteiger charge is 2.24. The van der Waals surface area contributed by atoms with Gasteiger partial charge in [0.1, 0.15) is 23.8 Å². The van der Waals surface area contributed by atoms with Crippen LogP contribution in [0.2, 0.25) is 10.0 Å². The molecule has 0 atom stereocenters. The van der Waals surface area contributed by atoms with Crippen molar-refractivity contribution >= 4 is 39.9 Å². The third kappa shape index (κ3) is 5.13. The molecule has 0 saturated heterocycles. The molecule has 4 aromatic carbocycles. The van der Waals surface area contributed by atoms with Gasteiger partial charge in [-0.05, 0) is 64.4 Å². The highest BCUT2D eigenvalue weighted by atomic mass is 35.5. The minimum absolute atomic E-state index is 0.0935. The molecule has 0 aliphatic rings. The molecule has 5 rings (SSSR count). The van der Waals surface area contributed by atoms with Crippen molar-refractivity contribution in [2.45, 2.75) is 26.4 Å². The minimum atomic E-state index is -0.365. The van der Waals surface area contributed by atoms with E-state index in [-0.39, 0.29) is 18.5 Å². The van der Waals surface area contributed by atoms with E-state index in [4.69, 9.17) is 37.2 Å². The molecule has 38 heavy (non-hydrogen) atoms. The Morgan fingerprint density at radius 3 is 2.34 bits per heavy atom. The standard InChI is InChI=1S/C31H25Cl2NO4/c1-18(2)30-25(29(34-38-30)28-26(32)8-5-9-27(28)33)17-37-24-13-12-19-10-11-21(15-23(19)16-24)20-6-4-7-22(14-20)31(35)36-3/h4-16,18H,17H2,1-3H3. The molecule has 1 heterocycles. The monoisotopic (exact) mass is 545 g/mol. The molecule has 0 aliphatic heterocycles. The Morgan fingerprint density at radius 1 is 0.895 bits per heavy atom. The second-order valence-corrected chi connectivity index (χ2v) is 10.0. The van der Waals surface area contributed by atoms with Gasteiger partial charge >= 0.3 is 5.97 Å². The van der Waals surface area contributed by atoms with Crippen LogP contribution in [0.25, 0.3) is 33.2 Å². The average molecular weight is 546 g/mol. The summed E-state index contributed by atoms with van der Waals surface area (Å²) in [6.45, 7) is 4.31. The van der Waals surface area contributed by atoms with Gasteiger partial charge in [-0.25, -0.2) is 4.79 Å². The van der Waals surface area contributed by atoms with Crippen molar-refractivity contribution in [3.05, 3.63) is 106 Å². The number of rotatable bonds is 7. The van der Waals surface area contributed by atoms with Crippen molar-refractivity contribution in [3.63, 3.8) is 0 Å². The summed E-state index contributed by atoms with van der Waals surface area (Å²) in [6, 6.07) is 24.8. The normalized spacial score (nSPS) is 11.2. The summed E-state index contributed by atoms with van der Waals surface area (Å²) in [4.78, 5) is 12.0. The maximum atomic E-state index is 12.0. The number of benzene rings is 4. The number of aromatic nitrogens is 1. The van der Waals surface area contributed by atoms with Crippen molar-refractivity contribution in [2.24, 2.45) is 0 Å². The Kier molecular flexibility index (Phi) is 7.41. The van der Waals surface area contributed by atoms with Crippen molar-refractivity contribution in [3.8, 4) is 28.1 Å². The summed E-state index contributed by atoms with van der Waals surface area (Å²) in [7, 11) is 1.38. The fourth-order valence-electron chi connectivity index (χ4n) is 4.43. The van der Waals surface area contributed by atoms with Crippen molar-refractivity contribution in [1.29, 1.82) is 0 Å². The number of hydrogen-bond donors (Lipinski definition) is 0. The lowest BCUT2D eigenvalue weighted by atomic mass is 9.99. The zero-order valence-electron chi connectivity index (χ0n) is 21.1. The summed E-state index contributed by atoms with van der Waals surface area (Å²) >= 11 is 13.0. The third-order valence-corrected chi connectivity index (χ3v) is 6.98. The first-order valence-corrected chi connectivity index (χ1v) is 12.9. The fourth-order valence-corrected chi connectivity index (χ4v) is 5.01. The Bertz CT molecular complexity index is 1620. The molecular formula is C31H25Cl2NO4. The highest BCUT2D eigenvalue weighted by Crippen LogP contribution is 2.39. The van der Waals surface area contributed by atoms with Gasteiger partial charge in [-0.15, -0.1) is 0 Å². The maximum Gasteiger partial charge on any atom is 0.337 e. The number of halogens is 2. The van der Waals surface area contributed by atoms with Gasteiger partial charge in [-0.3, -0.25) is 0 Å². The fraction of sp³-hybridized carbons (Fsp3) is 0.161. The third-order valence-electron chi connectivity index (χ3n) is 6.35. The Labute approximate surface area is 230 Å². The molecule has 0 N–H and O–H groups in total. The number of carbonyl (C=O) groups excluding carboxylic acids is 1. The van der Waals surface area contributed by atoms with E-state index in [9.17, 15) is 4.79 Å². The van der Waals surface area contributed by atoms with Crippen molar-refractivity contribution in [2.75, 3.05) is 7.11 Å². The Hall–Kier alpha value is -3.80. The van der Waals surface area contributed by atoms with E-state index in [2.05, 4.69) is 11.2 Å². The quantitative estimate of drug-likeness (QED) is 0.191. The number of esters is 1. The zero-order valence-corrected chi connectivity index (χ0v) is 22.6. The second kappa shape index (κ2) is 10.9. The van der Waals surface area contributed by atoms with Crippen LogP contribution in [-0.2, 0) is 11.3 Å².